The van der Waals surface area contributed by atoms with Gasteiger partial charge in [0.05, 0.1) is 0 Å². The van der Waals surface area contributed by atoms with Gasteiger partial charge in [-0.1, -0.05) is 204 Å². The quantitative estimate of drug-likeness (QED) is 0.0711. The highest BCUT2D eigenvalue weighted by molar-refractivity contribution is 6.35. The maximum Gasteiger partial charge on any atom is 0.236 e. The van der Waals surface area contributed by atoms with E-state index in [4.69, 9.17) is 0 Å². The fourth-order valence-corrected chi connectivity index (χ4v) is 7.04. The van der Waals surface area contributed by atoms with Gasteiger partial charge in [0.25, 0.3) is 0 Å². The lowest BCUT2D eigenvalue weighted by Gasteiger charge is -2.04. The molecule has 0 spiro atoms. The van der Waals surface area contributed by atoms with E-state index in [1.54, 1.807) is 23.4 Å². The minimum Gasteiger partial charge on any atom is -0.0972 e. The smallest absolute Gasteiger partial charge is 0.0972 e. The molecule has 0 aromatic rings. The van der Waals surface area contributed by atoms with E-state index in [9.17, 15) is 0 Å². The van der Waals surface area contributed by atoms with Crippen LogP contribution < -0.4 is 0 Å². The molecule has 0 nitrogen and oxygen atoms in total. The summed E-state index contributed by atoms with van der Waals surface area (Å²) in [4.78, 5) is 0. The Labute approximate surface area is 219 Å². The summed E-state index contributed by atoms with van der Waals surface area (Å²) in [6, 6.07) is 0. The number of hydrogen-bond donors (Lipinski definition) is 0. The fourth-order valence-electron chi connectivity index (χ4n) is 5.27. The van der Waals surface area contributed by atoms with Gasteiger partial charge < -0.3 is 0 Å². The standard InChI is InChI=1S/2C16H33.Al.H/c2*1-3-5-7-9-11-13-15-16-14-12-10-8-6-4-2;;/h2*1,3-16H2,2H3;;. The number of hydrogen-bond acceptors (Lipinski definition) is 0. The Hall–Kier alpha value is 0.532. The van der Waals surface area contributed by atoms with Crippen LogP contribution in [0, 0.1) is 0 Å². The van der Waals surface area contributed by atoms with E-state index in [-0.39, 0.29) is 15.2 Å². The molecular formula is C32H67Al. The molecule has 0 rings (SSSR count). The van der Waals surface area contributed by atoms with Gasteiger partial charge in [-0.25, -0.2) is 0 Å². The predicted octanol–water partition coefficient (Wildman–Crippen LogP) is 12.2. The third-order valence-electron chi connectivity index (χ3n) is 7.71. The minimum atomic E-state index is 0.288. The van der Waals surface area contributed by atoms with Crippen LogP contribution in [0.5, 0.6) is 0 Å². The Bertz CT molecular complexity index is 284. The van der Waals surface area contributed by atoms with Crippen molar-refractivity contribution in [3.8, 4) is 0 Å². The zero-order valence-corrected chi connectivity index (χ0v) is 25.3. The SMILES string of the molecule is CCCCCCCCCCCCCCC[CH2][AlH][CH2]CCCCCCCCCCCCCCC. The van der Waals surface area contributed by atoms with Gasteiger partial charge in [0.15, 0.2) is 0 Å². The van der Waals surface area contributed by atoms with E-state index in [2.05, 4.69) is 13.8 Å². The Morgan fingerprint density at radius 3 is 0.636 bits per heavy atom. The Morgan fingerprint density at radius 2 is 0.424 bits per heavy atom. The summed E-state index contributed by atoms with van der Waals surface area (Å²) in [6.45, 7) is 4.62. The monoisotopic (exact) mass is 479 g/mol. The largest absolute Gasteiger partial charge is 0.236 e. The van der Waals surface area contributed by atoms with Crippen LogP contribution >= 0.6 is 0 Å². The van der Waals surface area contributed by atoms with Crippen molar-refractivity contribution in [2.75, 3.05) is 0 Å². The van der Waals surface area contributed by atoms with Crippen LogP contribution in [0.1, 0.15) is 194 Å². The van der Waals surface area contributed by atoms with Gasteiger partial charge in [-0.3, -0.25) is 0 Å². The molecule has 0 saturated heterocycles. The van der Waals surface area contributed by atoms with Gasteiger partial charge >= 0.3 is 0 Å². The van der Waals surface area contributed by atoms with Crippen molar-refractivity contribution in [2.24, 2.45) is 0 Å². The van der Waals surface area contributed by atoms with E-state index in [1.165, 1.54) is 167 Å². The van der Waals surface area contributed by atoms with Crippen molar-refractivity contribution in [3.05, 3.63) is 0 Å². The summed E-state index contributed by atoms with van der Waals surface area (Å²) >= 11 is 0.288. The number of unbranched alkanes of at least 4 members (excludes halogenated alkanes) is 26. The lowest BCUT2D eigenvalue weighted by molar-refractivity contribution is 0.537. The second-order valence-corrected chi connectivity index (χ2v) is 13.4. The second kappa shape index (κ2) is 32.5. The summed E-state index contributed by atoms with van der Waals surface area (Å²) < 4.78 is 0. The normalized spacial score (nSPS) is 11.3. The van der Waals surface area contributed by atoms with Crippen molar-refractivity contribution >= 4 is 15.2 Å². The molecule has 0 fully saturated rings. The Balaban J connectivity index is 2.99. The first-order chi connectivity index (χ1) is 16.4. The maximum atomic E-state index is 2.31. The van der Waals surface area contributed by atoms with E-state index >= 15 is 0 Å². The summed E-state index contributed by atoms with van der Waals surface area (Å²) in [5.41, 5.74) is 0. The average Bonchev–Trinajstić information content (AvgIpc) is 2.83. The van der Waals surface area contributed by atoms with Crippen molar-refractivity contribution in [2.45, 2.75) is 204 Å². The van der Waals surface area contributed by atoms with Crippen molar-refractivity contribution in [1.29, 1.82) is 0 Å². The average molecular weight is 479 g/mol. The zero-order valence-electron chi connectivity index (χ0n) is 23.9. The third-order valence-corrected chi connectivity index (χ3v) is 9.71. The third kappa shape index (κ3) is 32.5. The van der Waals surface area contributed by atoms with Crippen molar-refractivity contribution in [1.82, 2.24) is 0 Å². The molecule has 0 N–H and O–H groups in total. The van der Waals surface area contributed by atoms with Gasteiger partial charge in [0.1, 0.15) is 0 Å². The topological polar surface area (TPSA) is 0 Å². The van der Waals surface area contributed by atoms with Gasteiger partial charge in [0, 0.05) is 0 Å². The van der Waals surface area contributed by atoms with Crippen molar-refractivity contribution in [3.63, 3.8) is 0 Å². The number of rotatable bonds is 30. The summed E-state index contributed by atoms with van der Waals surface area (Å²) in [5, 5.41) is 3.27. The zero-order chi connectivity index (χ0) is 23.9. The fraction of sp³-hybridized carbons (Fsp3) is 1.00. The van der Waals surface area contributed by atoms with Crippen LogP contribution in [0.2, 0.25) is 10.6 Å². The first-order valence-corrected chi connectivity index (χ1v) is 18.4. The molecule has 0 aliphatic rings. The second-order valence-electron chi connectivity index (χ2n) is 11.3. The molecule has 0 heterocycles. The molecule has 0 atom stereocenters. The molecule has 0 aliphatic carbocycles. The van der Waals surface area contributed by atoms with Crippen LogP contribution in [-0.2, 0) is 0 Å². The predicted molar refractivity (Wildman–Crippen MR) is 157 cm³/mol. The molecule has 0 radical (unpaired) electrons. The van der Waals surface area contributed by atoms with Crippen molar-refractivity contribution < 1.29 is 0 Å². The first kappa shape index (κ1) is 33.5. The highest BCUT2D eigenvalue weighted by Crippen LogP contribution is 2.15. The molecule has 33 heavy (non-hydrogen) atoms. The first-order valence-electron chi connectivity index (χ1n) is 16.4. The van der Waals surface area contributed by atoms with E-state index < -0.39 is 0 Å². The molecule has 0 bridgehead atoms. The van der Waals surface area contributed by atoms with Crippen LogP contribution in [0.4, 0.5) is 0 Å². The van der Waals surface area contributed by atoms with Gasteiger partial charge in [-0.15, -0.1) is 0 Å². The highest BCUT2D eigenvalue weighted by atomic mass is 27.1. The molecule has 0 aromatic carbocycles. The molecule has 0 amide bonds. The van der Waals surface area contributed by atoms with E-state index in [1.807, 2.05) is 0 Å². The maximum absolute atomic E-state index is 2.31. The molecule has 1 heteroatoms. The van der Waals surface area contributed by atoms with Crippen LogP contribution in [0.3, 0.4) is 0 Å². The summed E-state index contributed by atoms with van der Waals surface area (Å²) in [7, 11) is 0. The Morgan fingerprint density at radius 1 is 0.242 bits per heavy atom. The lowest BCUT2D eigenvalue weighted by atomic mass is 10.0. The van der Waals surface area contributed by atoms with Crippen LogP contribution in [0.15, 0.2) is 0 Å². The van der Waals surface area contributed by atoms with Gasteiger partial charge in [0.2, 0.25) is 15.2 Å². The van der Waals surface area contributed by atoms with Crippen LogP contribution in [0.25, 0.3) is 0 Å². The Kier molecular flexibility index (Phi) is 33.1. The molecule has 0 aromatic heterocycles. The summed E-state index contributed by atoms with van der Waals surface area (Å²) in [6.07, 6.45) is 41.8. The van der Waals surface area contributed by atoms with Gasteiger partial charge in [-0.2, -0.15) is 0 Å². The van der Waals surface area contributed by atoms with E-state index in [0.29, 0.717) is 0 Å². The summed E-state index contributed by atoms with van der Waals surface area (Å²) in [5.74, 6) is 0. The van der Waals surface area contributed by atoms with E-state index in [0.717, 1.165) is 0 Å². The molecular weight excluding hydrogens is 411 g/mol. The van der Waals surface area contributed by atoms with Gasteiger partial charge in [-0.05, 0) is 0 Å². The molecule has 198 valence electrons. The highest BCUT2D eigenvalue weighted by Gasteiger charge is 1.98. The molecule has 0 saturated carbocycles. The minimum absolute atomic E-state index is 0.288. The molecule has 0 aliphatic heterocycles. The van der Waals surface area contributed by atoms with Crippen LogP contribution in [-0.4, -0.2) is 15.2 Å². The lowest BCUT2D eigenvalue weighted by Crippen LogP contribution is -1.90. The molecule has 0 unspecified atom stereocenters.